The van der Waals surface area contributed by atoms with Crippen LogP contribution in [0.3, 0.4) is 0 Å². The number of phenolic OH excluding ortho intramolecular Hbond substituents is 1. The van der Waals surface area contributed by atoms with Crippen LogP contribution in [0.1, 0.15) is 25.3 Å². The van der Waals surface area contributed by atoms with Gasteiger partial charge in [-0.3, -0.25) is 4.79 Å². The molecule has 0 saturated heterocycles. The van der Waals surface area contributed by atoms with Crippen molar-refractivity contribution < 1.29 is 9.90 Å². The number of hydrogen-bond donors (Lipinski definition) is 3. The SMILES string of the molecule is CC(Cc1ccc(O)cc1)NCCNC(=O)C1CC1. The van der Waals surface area contributed by atoms with E-state index in [0.29, 0.717) is 18.3 Å². The van der Waals surface area contributed by atoms with Crippen molar-refractivity contribution in [1.29, 1.82) is 0 Å². The van der Waals surface area contributed by atoms with E-state index in [9.17, 15) is 9.90 Å². The Morgan fingerprint density at radius 2 is 2.00 bits per heavy atom. The summed E-state index contributed by atoms with van der Waals surface area (Å²) in [5, 5.41) is 15.5. The van der Waals surface area contributed by atoms with Crippen molar-refractivity contribution in [2.24, 2.45) is 5.92 Å². The van der Waals surface area contributed by atoms with Gasteiger partial charge in [-0.2, -0.15) is 0 Å². The van der Waals surface area contributed by atoms with E-state index in [2.05, 4.69) is 17.6 Å². The van der Waals surface area contributed by atoms with Gasteiger partial charge >= 0.3 is 0 Å². The van der Waals surface area contributed by atoms with E-state index >= 15 is 0 Å². The standard InChI is InChI=1S/C15H22N2O2/c1-11(10-12-2-6-14(18)7-3-12)16-8-9-17-15(19)13-4-5-13/h2-3,6-7,11,13,16,18H,4-5,8-10H2,1H3,(H,17,19). The van der Waals surface area contributed by atoms with E-state index in [0.717, 1.165) is 25.8 Å². The van der Waals surface area contributed by atoms with Gasteiger partial charge in [-0.25, -0.2) is 0 Å². The minimum atomic E-state index is 0.202. The first-order chi connectivity index (χ1) is 9.15. The molecule has 3 N–H and O–H groups in total. The second-order valence-electron chi connectivity index (χ2n) is 5.29. The average molecular weight is 262 g/mol. The highest BCUT2D eigenvalue weighted by Gasteiger charge is 2.28. The summed E-state index contributed by atoms with van der Waals surface area (Å²) in [5.74, 6) is 0.787. The minimum Gasteiger partial charge on any atom is -0.508 e. The smallest absolute Gasteiger partial charge is 0.223 e. The molecule has 1 atom stereocenters. The molecule has 0 radical (unpaired) electrons. The molecule has 0 spiro atoms. The summed E-state index contributed by atoms with van der Waals surface area (Å²) < 4.78 is 0. The molecule has 4 nitrogen and oxygen atoms in total. The molecule has 1 aromatic rings. The van der Waals surface area contributed by atoms with Gasteiger partial charge < -0.3 is 15.7 Å². The van der Waals surface area contributed by atoms with Crippen LogP contribution in [-0.4, -0.2) is 30.1 Å². The normalized spacial score (nSPS) is 16.1. The Bertz CT molecular complexity index is 413. The third-order valence-corrected chi connectivity index (χ3v) is 3.34. The molecule has 0 bridgehead atoms. The van der Waals surface area contributed by atoms with E-state index in [1.165, 1.54) is 5.56 Å². The predicted molar refractivity (Wildman–Crippen MR) is 75.0 cm³/mol. The lowest BCUT2D eigenvalue weighted by Gasteiger charge is -2.14. The maximum absolute atomic E-state index is 11.4. The number of benzene rings is 1. The fraction of sp³-hybridized carbons (Fsp3) is 0.533. The fourth-order valence-corrected chi connectivity index (χ4v) is 2.05. The Morgan fingerprint density at radius 1 is 1.32 bits per heavy atom. The van der Waals surface area contributed by atoms with Crippen LogP contribution < -0.4 is 10.6 Å². The molecule has 1 saturated carbocycles. The van der Waals surface area contributed by atoms with Gasteiger partial charge in [0.15, 0.2) is 0 Å². The molecule has 19 heavy (non-hydrogen) atoms. The number of nitrogens with one attached hydrogen (secondary N) is 2. The largest absolute Gasteiger partial charge is 0.508 e. The Morgan fingerprint density at radius 3 is 2.63 bits per heavy atom. The summed E-state index contributed by atoms with van der Waals surface area (Å²) in [6, 6.07) is 7.63. The van der Waals surface area contributed by atoms with Gasteiger partial charge in [-0.1, -0.05) is 12.1 Å². The van der Waals surface area contributed by atoms with Crippen molar-refractivity contribution in [2.45, 2.75) is 32.2 Å². The molecular weight excluding hydrogens is 240 g/mol. The van der Waals surface area contributed by atoms with Gasteiger partial charge in [0.1, 0.15) is 5.75 Å². The average Bonchev–Trinajstić information content (AvgIpc) is 3.21. The monoisotopic (exact) mass is 262 g/mol. The van der Waals surface area contributed by atoms with E-state index in [1.54, 1.807) is 12.1 Å². The molecule has 0 aromatic heterocycles. The maximum Gasteiger partial charge on any atom is 0.223 e. The van der Waals surface area contributed by atoms with Crippen LogP contribution in [0.2, 0.25) is 0 Å². The van der Waals surface area contributed by atoms with Gasteiger partial charge in [0.25, 0.3) is 0 Å². The van der Waals surface area contributed by atoms with Crippen LogP contribution in [-0.2, 0) is 11.2 Å². The van der Waals surface area contributed by atoms with E-state index in [1.807, 2.05) is 12.1 Å². The number of phenols is 1. The number of rotatable bonds is 7. The van der Waals surface area contributed by atoms with Gasteiger partial charge in [-0.15, -0.1) is 0 Å². The van der Waals surface area contributed by atoms with Crippen molar-refractivity contribution in [3.63, 3.8) is 0 Å². The van der Waals surface area contributed by atoms with Crippen LogP contribution in [0, 0.1) is 5.92 Å². The number of hydrogen-bond acceptors (Lipinski definition) is 3. The number of carbonyl (C=O) groups excluding carboxylic acids is 1. The number of amides is 1. The third-order valence-electron chi connectivity index (χ3n) is 3.34. The van der Waals surface area contributed by atoms with E-state index < -0.39 is 0 Å². The molecule has 1 aliphatic carbocycles. The van der Waals surface area contributed by atoms with Gasteiger partial charge in [-0.05, 0) is 43.9 Å². The molecule has 0 aliphatic heterocycles. The summed E-state index contributed by atoms with van der Waals surface area (Å²) in [5.41, 5.74) is 1.19. The predicted octanol–water partition coefficient (Wildman–Crippen LogP) is 1.44. The maximum atomic E-state index is 11.4. The number of carbonyl (C=O) groups is 1. The highest BCUT2D eigenvalue weighted by molar-refractivity contribution is 5.80. The first-order valence-electron chi connectivity index (χ1n) is 6.94. The molecule has 1 amide bonds. The van der Waals surface area contributed by atoms with Crippen LogP contribution in [0.5, 0.6) is 5.75 Å². The lowest BCUT2D eigenvalue weighted by Crippen LogP contribution is -2.37. The van der Waals surface area contributed by atoms with Gasteiger partial charge in [0.2, 0.25) is 5.91 Å². The molecule has 104 valence electrons. The fourth-order valence-electron chi connectivity index (χ4n) is 2.05. The highest BCUT2D eigenvalue weighted by atomic mass is 16.3. The minimum absolute atomic E-state index is 0.202. The van der Waals surface area contributed by atoms with Gasteiger partial charge in [0, 0.05) is 25.0 Å². The second kappa shape index (κ2) is 6.57. The zero-order chi connectivity index (χ0) is 13.7. The van der Waals surface area contributed by atoms with Gasteiger partial charge in [0.05, 0.1) is 0 Å². The number of aromatic hydroxyl groups is 1. The Balaban J connectivity index is 1.59. The zero-order valence-corrected chi connectivity index (χ0v) is 11.4. The van der Waals surface area contributed by atoms with Crippen molar-refractivity contribution in [2.75, 3.05) is 13.1 Å². The third kappa shape index (κ3) is 4.91. The van der Waals surface area contributed by atoms with Crippen molar-refractivity contribution >= 4 is 5.91 Å². The van der Waals surface area contributed by atoms with Crippen LogP contribution in [0.25, 0.3) is 0 Å². The summed E-state index contributed by atoms with van der Waals surface area (Å²) in [7, 11) is 0. The first kappa shape index (κ1) is 13.9. The van der Waals surface area contributed by atoms with Crippen molar-refractivity contribution in [1.82, 2.24) is 10.6 Å². The van der Waals surface area contributed by atoms with E-state index in [4.69, 9.17) is 0 Å². The van der Waals surface area contributed by atoms with Crippen LogP contribution >= 0.6 is 0 Å². The van der Waals surface area contributed by atoms with E-state index in [-0.39, 0.29) is 11.8 Å². The second-order valence-corrected chi connectivity index (χ2v) is 5.29. The summed E-state index contributed by atoms with van der Waals surface area (Å²) in [6.45, 7) is 3.60. The molecule has 1 aromatic carbocycles. The zero-order valence-electron chi connectivity index (χ0n) is 11.4. The molecule has 2 rings (SSSR count). The molecule has 1 unspecified atom stereocenters. The van der Waals surface area contributed by atoms with Crippen molar-refractivity contribution in [3.8, 4) is 5.75 Å². The molecule has 4 heteroatoms. The topological polar surface area (TPSA) is 61.4 Å². The summed E-state index contributed by atoms with van der Waals surface area (Å²) in [4.78, 5) is 11.4. The van der Waals surface area contributed by atoms with Crippen molar-refractivity contribution in [3.05, 3.63) is 29.8 Å². The Hall–Kier alpha value is -1.55. The van der Waals surface area contributed by atoms with Crippen LogP contribution in [0.15, 0.2) is 24.3 Å². The Kier molecular flexibility index (Phi) is 4.80. The first-order valence-corrected chi connectivity index (χ1v) is 6.94. The summed E-state index contributed by atoms with van der Waals surface area (Å²) >= 11 is 0. The molecule has 0 heterocycles. The van der Waals surface area contributed by atoms with Crippen LogP contribution in [0.4, 0.5) is 0 Å². The quantitative estimate of drug-likeness (QED) is 0.652. The lowest BCUT2D eigenvalue weighted by atomic mass is 10.1. The highest BCUT2D eigenvalue weighted by Crippen LogP contribution is 2.28. The Labute approximate surface area is 114 Å². The lowest BCUT2D eigenvalue weighted by molar-refractivity contribution is -0.122. The summed E-state index contributed by atoms with van der Waals surface area (Å²) in [6.07, 6.45) is 3.02. The molecular formula is C15H22N2O2. The molecule has 1 fully saturated rings. The molecule has 1 aliphatic rings.